The van der Waals surface area contributed by atoms with Crippen LogP contribution in [0.25, 0.3) is 66.8 Å². The molecule has 1 aliphatic rings. The first-order valence-electron chi connectivity index (χ1n) is 22.2. The molecule has 0 aromatic heterocycles. The predicted molar refractivity (Wildman–Crippen MR) is 293 cm³/mol. The molecule has 0 nitrogen and oxygen atoms in total. The first kappa shape index (κ1) is 50.7. The topological polar surface area (TPSA) is 0 Å². The number of benzene rings is 9. The van der Waals surface area contributed by atoms with Crippen molar-refractivity contribution >= 4 is 60.9 Å². The summed E-state index contributed by atoms with van der Waals surface area (Å²) < 4.78 is 0. The van der Waals surface area contributed by atoms with Crippen LogP contribution >= 0.6 is 37.2 Å². The molecular formula is C62H52Cl3SiTi-. The van der Waals surface area contributed by atoms with Crippen molar-refractivity contribution in [1.82, 2.24) is 0 Å². The fourth-order valence-electron chi connectivity index (χ4n) is 9.62. The molecule has 0 N–H and O–H groups in total. The Labute approximate surface area is 431 Å². The molecule has 10 rings (SSSR count). The van der Waals surface area contributed by atoms with Crippen molar-refractivity contribution in [3.63, 3.8) is 0 Å². The standard InChI is InChI=1S/C62H49Si.3ClH.Ti/c1-45(2)61-34-21-35-62(61)63(58-39-52(46-22-9-3-10-23-46)36-53(40-58)47-24-11-4-12-25-47,59-41-54(48-26-13-5-14-27-48)37-55(42-59)49-28-15-6-16-29-49)60-43-56(50-30-17-7-18-31-50)38-57(44-60)51-32-19-8-20-33-51;;;;/h3-20,22-33,35-45H,21H2,1-2H3;3*1H;/q-1;;;;. The first-order valence-corrected chi connectivity index (χ1v) is 24.2. The SMILES string of the molecule is CC(C)C1=[C-]CC=C1[Si](c1cc(-c2ccccc2)cc(-c2ccccc2)c1)(c1cc(-c2ccccc2)cc(-c2ccccc2)c1)c1cc(-c2ccccc2)cc(-c2ccccc2)c1.Cl.Cl.Cl.[Ti]. The van der Waals surface area contributed by atoms with E-state index in [1.54, 1.807) is 0 Å². The summed E-state index contributed by atoms with van der Waals surface area (Å²) in [6.45, 7) is 4.70. The maximum absolute atomic E-state index is 3.96. The van der Waals surface area contributed by atoms with Gasteiger partial charge in [-0.05, 0) is 85.0 Å². The van der Waals surface area contributed by atoms with Gasteiger partial charge in [0.05, 0.1) is 8.07 Å². The molecule has 0 aliphatic heterocycles. The molecule has 9 aromatic rings. The average molecular weight is 979 g/mol. The molecule has 0 fully saturated rings. The third kappa shape index (κ3) is 10.4. The van der Waals surface area contributed by atoms with Crippen molar-refractivity contribution in [3.05, 3.63) is 260 Å². The van der Waals surface area contributed by atoms with Crippen LogP contribution in [0.4, 0.5) is 0 Å². The number of halogens is 3. The summed E-state index contributed by atoms with van der Waals surface area (Å²) in [5.74, 6) is 0.272. The van der Waals surface area contributed by atoms with E-state index in [0.717, 1.165) is 6.42 Å². The Morgan fingerprint density at radius 3 is 0.761 bits per heavy atom. The maximum Gasteiger partial charge on any atom is 0.0995 e. The molecular weight excluding hydrogens is 927 g/mol. The van der Waals surface area contributed by atoms with Crippen LogP contribution in [0.1, 0.15) is 20.3 Å². The summed E-state index contributed by atoms with van der Waals surface area (Å²) in [6.07, 6.45) is 7.28. The van der Waals surface area contributed by atoms with Crippen LogP contribution in [-0.2, 0) is 21.7 Å². The van der Waals surface area contributed by atoms with Crippen LogP contribution in [0.3, 0.4) is 0 Å². The molecule has 0 bridgehead atoms. The molecule has 5 heteroatoms. The van der Waals surface area contributed by atoms with Crippen molar-refractivity contribution in [3.8, 4) is 66.8 Å². The van der Waals surface area contributed by atoms with Gasteiger partial charge in [-0.15, -0.1) is 43.6 Å². The zero-order valence-electron chi connectivity index (χ0n) is 37.6. The van der Waals surface area contributed by atoms with E-state index in [1.807, 2.05) is 0 Å². The summed E-state index contributed by atoms with van der Waals surface area (Å²) in [5.41, 5.74) is 15.8. The smallest absolute Gasteiger partial charge is 0.0995 e. The van der Waals surface area contributed by atoms with Gasteiger partial charge in [-0.3, -0.25) is 6.08 Å². The Bertz CT molecular complexity index is 2600. The third-order valence-electron chi connectivity index (χ3n) is 12.6. The van der Waals surface area contributed by atoms with Crippen molar-refractivity contribution in [1.29, 1.82) is 0 Å². The molecule has 0 saturated heterocycles. The second kappa shape index (κ2) is 22.8. The summed E-state index contributed by atoms with van der Waals surface area (Å²) in [7, 11) is -3.34. The molecule has 0 heterocycles. The summed E-state index contributed by atoms with van der Waals surface area (Å²) in [6, 6.07) is 88.1. The Hall–Kier alpha value is -5.74. The van der Waals surface area contributed by atoms with Crippen LogP contribution in [0.2, 0.25) is 0 Å². The summed E-state index contributed by atoms with van der Waals surface area (Å²) in [5, 5.41) is 5.48. The third-order valence-corrected chi connectivity index (χ3v) is 17.4. The van der Waals surface area contributed by atoms with Crippen molar-refractivity contribution in [2.45, 2.75) is 20.3 Å². The van der Waals surface area contributed by atoms with Crippen LogP contribution in [0.15, 0.2) is 253 Å². The van der Waals surface area contributed by atoms with E-state index >= 15 is 0 Å². The summed E-state index contributed by atoms with van der Waals surface area (Å²) in [4.78, 5) is 0. The molecule has 9 aromatic carbocycles. The second-order valence-corrected chi connectivity index (χ2v) is 20.7. The van der Waals surface area contributed by atoms with Crippen LogP contribution in [0.5, 0.6) is 0 Å². The van der Waals surface area contributed by atoms with Gasteiger partial charge in [-0.2, -0.15) is 11.3 Å². The van der Waals surface area contributed by atoms with Gasteiger partial charge in [-0.25, -0.2) is 5.57 Å². The number of hydrogen-bond donors (Lipinski definition) is 0. The van der Waals surface area contributed by atoms with Gasteiger partial charge in [0.15, 0.2) is 0 Å². The van der Waals surface area contributed by atoms with E-state index in [-0.39, 0.29) is 64.9 Å². The van der Waals surface area contributed by atoms with Crippen molar-refractivity contribution < 1.29 is 21.7 Å². The minimum atomic E-state index is -3.34. The normalized spacial score (nSPS) is 11.8. The van der Waals surface area contributed by atoms with Gasteiger partial charge in [0.2, 0.25) is 0 Å². The Morgan fingerprint density at radius 1 is 0.328 bits per heavy atom. The van der Waals surface area contributed by atoms with Gasteiger partial charge < -0.3 is 0 Å². The molecule has 0 radical (unpaired) electrons. The fourth-order valence-corrected chi connectivity index (χ4v) is 15.0. The number of rotatable bonds is 11. The largest absolute Gasteiger partial charge is 0.269 e. The van der Waals surface area contributed by atoms with E-state index in [1.165, 1.54) is 93.1 Å². The van der Waals surface area contributed by atoms with Crippen LogP contribution < -0.4 is 15.6 Å². The predicted octanol–water partition coefficient (Wildman–Crippen LogP) is 15.7. The number of hydrogen-bond acceptors (Lipinski definition) is 0. The Kier molecular flexibility index (Phi) is 17.3. The van der Waals surface area contributed by atoms with E-state index in [0.29, 0.717) is 0 Å². The van der Waals surface area contributed by atoms with Crippen LogP contribution in [0, 0.1) is 12.0 Å². The molecule has 330 valence electrons. The molecule has 0 atom stereocenters. The van der Waals surface area contributed by atoms with Crippen LogP contribution in [-0.4, -0.2) is 8.07 Å². The first-order chi connectivity index (χ1) is 31.0. The van der Waals surface area contributed by atoms with Crippen molar-refractivity contribution in [2.24, 2.45) is 5.92 Å². The Balaban J connectivity index is 0.00000185. The minimum Gasteiger partial charge on any atom is -0.269 e. The molecule has 0 saturated carbocycles. The van der Waals surface area contributed by atoms with Gasteiger partial charge in [0, 0.05) is 21.7 Å². The fraction of sp³-hybridized carbons (Fsp3) is 0.0645. The Morgan fingerprint density at radius 2 is 0.552 bits per heavy atom. The van der Waals surface area contributed by atoms with Gasteiger partial charge in [0.25, 0.3) is 0 Å². The second-order valence-electron chi connectivity index (χ2n) is 16.9. The zero-order valence-corrected chi connectivity index (χ0v) is 42.6. The molecule has 0 amide bonds. The molecule has 0 unspecified atom stereocenters. The van der Waals surface area contributed by atoms with Gasteiger partial charge >= 0.3 is 0 Å². The van der Waals surface area contributed by atoms with E-state index < -0.39 is 8.07 Å². The van der Waals surface area contributed by atoms with E-state index in [9.17, 15) is 0 Å². The molecule has 67 heavy (non-hydrogen) atoms. The van der Waals surface area contributed by atoms with E-state index in [2.05, 4.69) is 263 Å². The molecule has 1 aliphatic carbocycles. The molecule has 0 spiro atoms. The maximum atomic E-state index is 3.96. The average Bonchev–Trinajstić information content (AvgIpc) is 3.87. The quantitative estimate of drug-likeness (QED) is 0.0688. The van der Waals surface area contributed by atoms with Gasteiger partial charge in [-0.1, -0.05) is 254 Å². The van der Waals surface area contributed by atoms with E-state index in [4.69, 9.17) is 0 Å². The summed E-state index contributed by atoms with van der Waals surface area (Å²) >= 11 is 0. The van der Waals surface area contributed by atoms with Gasteiger partial charge in [0.1, 0.15) is 0 Å². The van der Waals surface area contributed by atoms with Crippen molar-refractivity contribution in [2.75, 3.05) is 0 Å². The minimum absolute atomic E-state index is 0. The zero-order chi connectivity index (χ0) is 42.6. The number of allylic oxidation sites excluding steroid dienone is 4. The monoisotopic (exact) mass is 977 g/mol.